The van der Waals surface area contributed by atoms with Crippen molar-refractivity contribution in [3.63, 3.8) is 0 Å². The molecule has 0 fully saturated rings. The fourth-order valence-corrected chi connectivity index (χ4v) is 2.00. The van der Waals surface area contributed by atoms with Gasteiger partial charge in [0.1, 0.15) is 0 Å². The highest BCUT2D eigenvalue weighted by Gasteiger charge is 2.04. The van der Waals surface area contributed by atoms with E-state index in [0.717, 1.165) is 21.3 Å². The Labute approximate surface area is 126 Å². The summed E-state index contributed by atoms with van der Waals surface area (Å²) in [4.78, 5) is 11.9. The van der Waals surface area contributed by atoms with E-state index in [4.69, 9.17) is 0 Å². The second kappa shape index (κ2) is 6.48. The number of hydrogen-bond donors (Lipinski definition) is 1. The molecule has 0 aliphatic heterocycles. The smallest absolute Gasteiger partial charge is 0.267 e. The van der Waals surface area contributed by atoms with Gasteiger partial charge in [-0.05, 0) is 43.7 Å². The maximum absolute atomic E-state index is 11.9. The van der Waals surface area contributed by atoms with Crippen molar-refractivity contribution in [2.24, 2.45) is 5.10 Å². The van der Waals surface area contributed by atoms with Crippen molar-refractivity contribution >= 4 is 27.5 Å². The molecule has 0 spiro atoms. The van der Waals surface area contributed by atoms with Crippen molar-refractivity contribution in [3.05, 3.63) is 69.7 Å². The second-order valence-corrected chi connectivity index (χ2v) is 5.43. The van der Waals surface area contributed by atoms with Gasteiger partial charge in [0.25, 0.3) is 5.91 Å². The maximum atomic E-state index is 11.9. The number of benzene rings is 2. The molecular weight excluding hydrogens is 316 g/mol. The molecule has 3 nitrogen and oxygen atoms in total. The zero-order valence-corrected chi connectivity index (χ0v) is 12.9. The Morgan fingerprint density at radius 2 is 1.80 bits per heavy atom. The van der Waals surface area contributed by atoms with Gasteiger partial charge in [0, 0.05) is 10.0 Å². The number of nitrogens with one attached hydrogen (secondary N) is 1. The molecule has 0 unspecified atom stereocenters. The molecule has 102 valence electrons. The molecule has 1 N–H and O–H groups in total. The van der Waals surface area contributed by atoms with Crippen LogP contribution in [0.1, 0.15) is 28.4 Å². The van der Waals surface area contributed by atoms with Crippen LogP contribution in [-0.4, -0.2) is 11.6 Å². The zero-order chi connectivity index (χ0) is 14.5. The Bertz CT molecular complexity index is 648. The quantitative estimate of drug-likeness (QED) is 0.672. The van der Waals surface area contributed by atoms with Gasteiger partial charge in [0.2, 0.25) is 0 Å². The predicted octanol–water partition coefficient (Wildman–Crippen LogP) is 3.91. The van der Waals surface area contributed by atoms with Gasteiger partial charge in [0.05, 0.1) is 5.71 Å². The van der Waals surface area contributed by atoms with E-state index in [-0.39, 0.29) is 5.91 Å². The van der Waals surface area contributed by atoms with Gasteiger partial charge in [-0.3, -0.25) is 4.79 Å². The van der Waals surface area contributed by atoms with Crippen molar-refractivity contribution in [3.8, 4) is 0 Å². The third kappa shape index (κ3) is 3.78. The average Bonchev–Trinajstić information content (AvgIpc) is 2.45. The van der Waals surface area contributed by atoms with Crippen molar-refractivity contribution in [1.82, 2.24) is 5.43 Å². The van der Waals surface area contributed by atoms with Crippen LogP contribution in [0, 0.1) is 6.92 Å². The molecule has 1 amide bonds. The summed E-state index contributed by atoms with van der Waals surface area (Å²) in [5.41, 5.74) is 6.09. The van der Waals surface area contributed by atoms with Crippen molar-refractivity contribution < 1.29 is 4.79 Å². The molecule has 0 aliphatic carbocycles. The Kier molecular flexibility index (Phi) is 4.69. The number of halogens is 1. The number of hydrogen-bond acceptors (Lipinski definition) is 2. The summed E-state index contributed by atoms with van der Waals surface area (Å²) >= 11 is 3.33. The van der Waals surface area contributed by atoms with Crippen molar-refractivity contribution in [2.45, 2.75) is 13.8 Å². The van der Waals surface area contributed by atoms with Crippen LogP contribution in [0.15, 0.2) is 58.1 Å². The Hall–Kier alpha value is -1.94. The summed E-state index contributed by atoms with van der Waals surface area (Å²) in [6, 6.07) is 15.1. The van der Waals surface area contributed by atoms with Crippen LogP contribution in [0.2, 0.25) is 0 Å². The van der Waals surface area contributed by atoms with Crippen LogP contribution in [0.4, 0.5) is 0 Å². The molecule has 20 heavy (non-hydrogen) atoms. The highest BCUT2D eigenvalue weighted by molar-refractivity contribution is 9.10. The Morgan fingerprint density at radius 1 is 1.10 bits per heavy atom. The fraction of sp³-hybridized carbons (Fsp3) is 0.125. The first-order valence-electron chi connectivity index (χ1n) is 6.23. The Morgan fingerprint density at radius 3 is 2.45 bits per heavy atom. The van der Waals surface area contributed by atoms with Gasteiger partial charge < -0.3 is 0 Å². The summed E-state index contributed by atoms with van der Waals surface area (Å²) in [5, 5.41) is 4.14. The van der Waals surface area contributed by atoms with E-state index in [9.17, 15) is 4.79 Å². The van der Waals surface area contributed by atoms with Crippen molar-refractivity contribution in [2.75, 3.05) is 0 Å². The molecule has 0 radical (unpaired) electrons. The summed E-state index contributed by atoms with van der Waals surface area (Å²) in [6.07, 6.45) is 0. The number of amides is 1. The third-order valence-corrected chi connectivity index (χ3v) is 3.40. The second-order valence-electron chi connectivity index (χ2n) is 4.51. The van der Waals surface area contributed by atoms with Crippen LogP contribution < -0.4 is 5.43 Å². The molecule has 0 aliphatic rings. The molecular formula is C16H15BrN2O. The minimum absolute atomic E-state index is 0.218. The number of aryl methyl sites for hydroxylation is 1. The number of nitrogens with zero attached hydrogens (tertiary/aromatic N) is 1. The van der Waals surface area contributed by atoms with E-state index in [1.807, 2.05) is 50.2 Å². The first-order valence-corrected chi connectivity index (χ1v) is 7.03. The van der Waals surface area contributed by atoms with E-state index in [1.165, 1.54) is 0 Å². The highest BCUT2D eigenvalue weighted by Crippen LogP contribution is 2.10. The summed E-state index contributed by atoms with van der Waals surface area (Å²) in [6.45, 7) is 3.90. The predicted molar refractivity (Wildman–Crippen MR) is 85.0 cm³/mol. The first-order chi connectivity index (χ1) is 9.56. The topological polar surface area (TPSA) is 41.5 Å². The first kappa shape index (κ1) is 14.5. The number of carbonyl (C=O) groups is 1. The van der Waals surface area contributed by atoms with Crippen molar-refractivity contribution in [1.29, 1.82) is 0 Å². The molecule has 0 bridgehead atoms. The molecule has 0 atom stereocenters. The largest absolute Gasteiger partial charge is 0.271 e. The molecule has 2 rings (SSSR count). The zero-order valence-electron chi connectivity index (χ0n) is 11.4. The lowest BCUT2D eigenvalue weighted by Gasteiger charge is -2.04. The van der Waals surface area contributed by atoms with E-state index in [2.05, 4.69) is 26.5 Å². The van der Waals surface area contributed by atoms with Gasteiger partial charge in [0.15, 0.2) is 0 Å². The fourth-order valence-electron chi connectivity index (χ4n) is 1.74. The summed E-state index contributed by atoms with van der Waals surface area (Å²) in [5.74, 6) is -0.218. The molecule has 0 heterocycles. The van der Waals surface area contributed by atoms with Crippen LogP contribution in [0.3, 0.4) is 0 Å². The lowest BCUT2D eigenvalue weighted by atomic mass is 10.1. The van der Waals surface area contributed by atoms with E-state index in [1.54, 1.807) is 12.1 Å². The minimum Gasteiger partial charge on any atom is -0.267 e. The van der Waals surface area contributed by atoms with Crippen LogP contribution in [0.5, 0.6) is 0 Å². The van der Waals surface area contributed by atoms with Crippen LogP contribution in [-0.2, 0) is 0 Å². The van der Waals surface area contributed by atoms with Gasteiger partial charge in [-0.1, -0.05) is 45.8 Å². The standard InChI is InChI=1S/C16H15BrN2O/c1-11-4-3-5-14(10-11)12(2)18-19-16(20)13-6-8-15(17)9-7-13/h3-10H,1-2H3,(H,19,20)/b18-12+. The lowest BCUT2D eigenvalue weighted by molar-refractivity contribution is 0.0955. The number of hydrazone groups is 1. The van der Waals surface area contributed by atoms with Gasteiger partial charge in [-0.15, -0.1) is 0 Å². The molecule has 0 saturated carbocycles. The van der Waals surface area contributed by atoms with Gasteiger partial charge in [-0.25, -0.2) is 5.43 Å². The van der Waals surface area contributed by atoms with E-state index >= 15 is 0 Å². The normalized spacial score (nSPS) is 11.2. The molecule has 0 saturated heterocycles. The SMILES string of the molecule is C/C(=N\NC(=O)c1ccc(Br)cc1)c1cccc(C)c1. The van der Waals surface area contributed by atoms with E-state index in [0.29, 0.717) is 5.56 Å². The molecule has 2 aromatic carbocycles. The maximum Gasteiger partial charge on any atom is 0.271 e. The number of carbonyl (C=O) groups excluding carboxylic acids is 1. The third-order valence-electron chi connectivity index (χ3n) is 2.87. The minimum atomic E-state index is -0.218. The molecule has 4 heteroatoms. The van der Waals surface area contributed by atoms with Gasteiger partial charge in [-0.2, -0.15) is 5.10 Å². The van der Waals surface area contributed by atoms with Crippen LogP contribution >= 0.6 is 15.9 Å². The summed E-state index contributed by atoms with van der Waals surface area (Å²) in [7, 11) is 0. The monoisotopic (exact) mass is 330 g/mol. The lowest BCUT2D eigenvalue weighted by Crippen LogP contribution is -2.19. The van der Waals surface area contributed by atoms with E-state index < -0.39 is 0 Å². The average molecular weight is 331 g/mol. The molecule has 0 aromatic heterocycles. The highest BCUT2D eigenvalue weighted by atomic mass is 79.9. The van der Waals surface area contributed by atoms with Gasteiger partial charge >= 0.3 is 0 Å². The molecule has 2 aromatic rings. The Balaban J connectivity index is 2.08. The van der Waals surface area contributed by atoms with Crippen LogP contribution in [0.25, 0.3) is 0 Å². The summed E-state index contributed by atoms with van der Waals surface area (Å²) < 4.78 is 0.938. The number of rotatable bonds is 3.